The highest BCUT2D eigenvalue weighted by atomic mass is 19.1. The monoisotopic (exact) mass is 701 g/mol. The molecule has 6 rings (SSSR count). The van der Waals surface area contributed by atoms with Crippen LogP contribution in [0.3, 0.4) is 0 Å². The number of hydrogen-bond donors (Lipinski definition) is 0. The van der Waals surface area contributed by atoms with E-state index in [1.54, 1.807) is 12.1 Å². The van der Waals surface area contributed by atoms with Gasteiger partial charge in [-0.2, -0.15) is 0 Å². The molecule has 1 aliphatic heterocycles. The summed E-state index contributed by atoms with van der Waals surface area (Å²) >= 11 is 0. The van der Waals surface area contributed by atoms with Crippen LogP contribution in [0.2, 0.25) is 0 Å². The number of carbonyl (C=O) groups excluding carboxylic acids is 1. The van der Waals surface area contributed by atoms with Gasteiger partial charge in [-0.25, -0.2) is 13.6 Å². The van der Waals surface area contributed by atoms with Crippen molar-refractivity contribution in [2.45, 2.75) is 112 Å². The Balaban J connectivity index is 1.57. The number of esters is 1. The highest BCUT2D eigenvalue weighted by molar-refractivity contribution is 6.01. The van der Waals surface area contributed by atoms with Gasteiger partial charge in [-0.05, 0) is 125 Å². The molecule has 6 nitrogen and oxygen atoms in total. The fraction of sp³-hybridized carbons (Fsp3) is 0.512. The summed E-state index contributed by atoms with van der Waals surface area (Å²) in [6, 6.07) is 10.5. The fourth-order valence-electron chi connectivity index (χ4n) is 8.30. The zero-order valence-corrected chi connectivity index (χ0v) is 31.6. The molecule has 2 aliphatic rings. The Hall–Kier alpha value is -3.91. The van der Waals surface area contributed by atoms with Gasteiger partial charge in [0.2, 0.25) is 0 Å². The number of rotatable bonds is 9. The number of aryl methyl sites for hydroxylation is 1. The second-order valence-corrected chi connectivity index (χ2v) is 16.0. The SMILES string of the molecule is COc1c(F)cccc1Cn1ccc2c(-c3cc(F)c4c(c3C)CCCO4)c(C(OC(C)(C)C)C(=O)O[C@@H]3C[C@H](C)CC[C@H]3C(C)C)c(C)cc21. The van der Waals surface area contributed by atoms with Gasteiger partial charge in [0.15, 0.2) is 29.2 Å². The van der Waals surface area contributed by atoms with E-state index in [-0.39, 0.29) is 17.8 Å². The normalized spacial score (nSPS) is 19.9. The number of ether oxygens (including phenoxy) is 4. The van der Waals surface area contributed by atoms with Crippen molar-refractivity contribution in [1.82, 2.24) is 4.57 Å². The summed E-state index contributed by atoms with van der Waals surface area (Å²) in [5.74, 6) is 0.285. The van der Waals surface area contributed by atoms with Crippen molar-refractivity contribution in [2.75, 3.05) is 13.7 Å². The number of nitrogens with zero attached hydrogens (tertiary/aromatic N) is 1. The van der Waals surface area contributed by atoms with Crippen molar-refractivity contribution in [3.05, 3.63) is 82.0 Å². The molecule has 1 fully saturated rings. The molecule has 0 spiro atoms. The summed E-state index contributed by atoms with van der Waals surface area (Å²) < 4.78 is 57.3. The maximum atomic E-state index is 16.0. The topological polar surface area (TPSA) is 58.9 Å². The standard InChI is InChI=1S/C43H53F2NO5/c1-24(2)29-16-15-25(3)20-36(29)50-42(47)41(51-43(6,7)8)37-26(4)21-35-31(17-18-46(35)23-28-12-10-14-33(44)39(28)48-9)38(37)32-22-34(45)40-30(27(32)5)13-11-19-49-40/h10,12,14,17-18,21-22,24-25,29,36,41H,11,13,15-16,19-20,23H2,1-9H3/t25-,29+,36-,41?/m1/s1. The Morgan fingerprint density at radius 3 is 2.55 bits per heavy atom. The first kappa shape index (κ1) is 36.9. The van der Waals surface area contributed by atoms with E-state index in [0.717, 1.165) is 58.8 Å². The first-order valence-corrected chi connectivity index (χ1v) is 18.5. The molecule has 0 saturated heterocycles. The summed E-state index contributed by atoms with van der Waals surface area (Å²) in [5.41, 5.74) is 5.46. The number of halogens is 2. The molecule has 2 heterocycles. The van der Waals surface area contributed by atoms with Crippen molar-refractivity contribution in [3.8, 4) is 22.6 Å². The van der Waals surface area contributed by atoms with E-state index in [9.17, 15) is 9.18 Å². The highest BCUT2D eigenvalue weighted by Crippen LogP contribution is 2.46. The van der Waals surface area contributed by atoms with Crippen LogP contribution >= 0.6 is 0 Å². The molecule has 1 unspecified atom stereocenters. The molecule has 51 heavy (non-hydrogen) atoms. The van der Waals surface area contributed by atoms with Gasteiger partial charge in [0.25, 0.3) is 0 Å². The van der Waals surface area contributed by atoms with Crippen molar-refractivity contribution >= 4 is 16.9 Å². The van der Waals surface area contributed by atoms with Gasteiger partial charge >= 0.3 is 5.97 Å². The third-order valence-electron chi connectivity index (χ3n) is 10.8. The van der Waals surface area contributed by atoms with E-state index in [1.807, 2.05) is 63.6 Å². The van der Waals surface area contributed by atoms with E-state index in [1.165, 1.54) is 13.2 Å². The fourth-order valence-corrected chi connectivity index (χ4v) is 8.30. The Labute approximate surface area is 301 Å². The number of hydrogen-bond acceptors (Lipinski definition) is 5. The van der Waals surface area contributed by atoms with Crippen LogP contribution in [0.4, 0.5) is 8.78 Å². The molecule has 1 aromatic heterocycles. The maximum Gasteiger partial charge on any atom is 0.340 e. The molecule has 274 valence electrons. The van der Waals surface area contributed by atoms with Crippen LogP contribution in [-0.4, -0.2) is 36.0 Å². The number of aromatic nitrogens is 1. The Morgan fingerprint density at radius 1 is 1.08 bits per heavy atom. The van der Waals surface area contributed by atoms with Gasteiger partial charge in [-0.15, -0.1) is 0 Å². The molecule has 1 aliphatic carbocycles. The first-order chi connectivity index (χ1) is 24.2. The lowest BCUT2D eigenvalue weighted by atomic mass is 9.75. The minimum absolute atomic E-state index is 0.193. The Bertz CT molecular complexity index is 1920. The van der Waals surface area contributed by atoms with Gasteiger partial charge in [0.1, 0.15) is 6.10 Å². The predicted molar refractivity (Wildman–Crippen MR) is 197 cm³/mol. The molecule has 4 aromatic rings. The minimum atomic E-state index is -1.07. The second-order valence-electron chi connectivity index (χ2n) is 16.0. The van der Waals surface area contributed by atoms with Crippen molar-refractivity contribution in [2.24, 2.45) is 17.8 Å². The van der Waals surface area contributed by atoms with E-state index < -0.39 is 29.3 Å². The van der Waals surface area contributed by atoms with Gasteiger partial charge in [0.05, 0.1) is 25.9 Å². The van der Waals surface area contributed by atoms with E-state index >= 15 is 4.39 Å². The van der Waals surface area contributed by atoms with Crippen LogP contribution in [0.5, 0.6) is 11.5 Å². The molecule has 0 bridgehead atoms. The maximum absolute atomic E-state index is 16.0. The number of benzene rings is 3. The molecule has 0 amide bonds. The summed E-state index contributed by atoms with van der Waals surface area (Å²) in [6.07, 6.45) is 5.07. The third-order valence-corrected chi connectivity index (χ3v) is 10.8. The van der Waals surface area contributed by atoms with E-state index in [4.69, 9.17) is 18.9 Å². The number of para-hydroxylation sites is 1. The van der Waals surface area contributed by atoms with Crippen LogP contribution in [0.25, 0.3) is 22.0 Å². The van der Waals surface area contributed by atoms with Gasteiger partial charge in [-0.3, -0.25) is 0 Å². The third kappa shape index (κ3) is 7.39. The zero-order chi connectivity index (χ0) is 36.8. The zero-order valence-electron chi connectivity index (χ0n) is 31.6. The van der Waals surface area contributed by atoms with Crippen LogP contribution in [-0.2, 0) is 27.2 Å². The van der Waals surface area contributed by atoms with Gasteiger partial charge in [0, 0.05) is 33.8 Å². The van der Waals surface area contributed by atoms with Crippen molar-refractivity contribution < 1.29 is 32.5 Å². The number of methoxy groups -OCH3 is 1. The first-order valence-electron chi connectivity index (χ1n) is 18.5. The quantitative estimate of drug-likeness (QED) is 0.163. The van der Waals surface area contributed by atoms with Crippen LogP contribution in [0, 0.1) is 43.2 Å². The molecule has 1 saturated carbocycles. The molecule has 0 radical (unpaired) electrons. The molecule has 0 N–H and O–H groups in total. The number of fused-ring (bicyclic) bond motifs is 2. The molecule has 3 aromatic carbocycles. The average molecular weight is 702 g/mol. The van der Waals surface area contributed by atoms with E-state index in [0.29, 0.717) is 53.8 Å². The van der Waals surface area contributed by atoms with Gasteiger partial charge in [-0.1, -0.05) is 39.3 Å². The average Bonchev–Trinajstić information content (AvgIpc) is 3.46. The van der Waals surface area contributed by atoms with E-state index in [2.05, 4.69) is 20.8 Å². The summed E-state index contributed by atoms with van der Waals surface area (Å²) in [5, 5.41) is 0.826. The summed E-state index contributed by atoms with van der Waals surface area (Å²) in [6.45, 7) is 17.2. The molecule has 4 atom stereocenters. The van der Waals surface area contributed by atoms with Crippen molar-refractivity contribution in [3.63, 3.8) is 0 Å². The lowest BCUT2D eigenvalue weighted by Crippen LogP contribution is -2.38. The molecular weight excluding hydrogens is 648 g/mol. The smallest absolute Gasteiger partial charge is 0.340 e. The number of carbonyl (C=O) groups is 1. The molecule has 8 heteroatoms. The van der Waals surface area contributed by atoms with Crippen LogP contribution in [0.1, 0.15) is 101 Å². The lowest BCUT2D eigenvalue weighted by molar-refractivity contribution is -0.178. The van der Waals surface area contributed by atoms with Crippen molar-refractivity contribution in [1.29, 1.82) is 0 Å². The predicted octanol–water partition coefficient (Wildman–Crippen LogP) is 10.4. The molecular formula is C43H53F2NO5. The largest absolute Gasteiger partial charge is 0.493 e. The Kier molecular flexibility index (Phi) is 10.6. The lowest BCUT2D eigenvalue weighted by Gasteiger charge is -2.38. The summed E-state index contributed by atoms with van der Waals surface area (Å²) in [7, 11) is 1.47. The minimum Gasteiger partial charge on any atom is -0.493 e. The van der Waals surface area contributed by atoms with Gasteiger partial charge < -0.3 is 23.5 Å². The summed E-state index contributed by atoms with van der Waals surface area (Å²) in [4.78, 5) is 14.7. The van der Waals surface area contributed by atoms with Crippen LogP contribution in [0.15, 0.2) is 42.6 Å². The van der Waals surface area contributed by atoms with Crippen LogP contribution < -0.4 is 9.47 Å². The highest BCUT2D eigenvalue weighted by Gasteiger charge is 2.39. The second kappa shape index (κ2) is 14.6. The Morgan fingerprint density at radius 2 is 1.84 bits per heavy atom.